The minimum Gasteiger partial charge on any atom is -0.459 e. The Hall–Kier alpha value is -1.88. The van der Waals surface area contributed by atoms with Crippen molar-refractivity contribution >= 4 is 12.4 Å². The zero-order valence-corrected chi connectivity index (χ0v) is 9.96. The Kier molecular flexibility index (Phi) is 4.30. The van der Waals surface area contributed by atoms with Crippen molar-refractivity contribution in [2.45, 2.75) is 12.6 Å². The third-order valence-corrected chi connectivity index (χ3v) is 2.86. The van der Waals surface area contributed by atoms with Crippen molar-refractivity contribution in [1.29, 1.82) is 0 Å². The molecule has 95 valence electrons. The van der Waals surface area contributed by atoms with E-state index in [1.54, 1.807) is 6.41 Å². The fourth-order valence-electron chi connectivity index (χ4n) is 1.85. The molecule has 0 bridgehead atoms. The minimum atomic E-state index is -0.569. The first-order valence-electron chi connectivity index (χ1n) is 5.87. The lowest BCUT2D eigenvalue weighted by molar-refractivity contribution is -0.150. The number of rotatable bonds is 4. The Morgan fingerprint density at radius 2 is 2.22 bits per heavy atom. The Labute approximate surface area is 106 Å². The van der Waals surface area contributed by atoms with E-state index < -0.39 is 12.0 Å². The van der Waals surface area contributed by atoms with E-state index in [2.05, 4.69) is 5.32 Å². The van der Waals surface area contributed by atoms with Crippen LogP contribution in [-0.2, 0) is 20.9 Å². The van der Waals surface area contributed by atoms with Gasteiger partial charge in [-0.15, -0.1) is 0 Å². The number of hydrogen-bond acceptors (Lipinski definition) is 4. The van der Waals surface area contributed by atoms with Gasteiger partial charge in [-0.2, -0.15) is 0 Å². The Bertz CT molecular complexity index is 408. The zero-order chi connectivity index (χ0) is 12.8. The van der Waals surface area contributed by atoms with Crippen LogP contribution in [0.15, 0.2) is 30.3 Å². The number of esters is 1. The van der Waals surface area contributed by atoms with Crippen LogP contribution in [0.2, 0.25) is 0 Å². The number of benzene rings is 1. The highest BCUT2D eigenvalue weighted by atomic mass is 16.5. The van der Waals surface area contributed by atoms with Crippen molar-refractivity contribution in [3.63, 3.8) is 0 Å². The fraction of sp³-hybridized carbons (Fsp3) is 0.385. The van der Waals surface area contributed by atoms with Crippen LogP contribution in [0.1, 0.15) is 5.56 Å². The van der Waals surface area contributed by atoms with Gasteiger partial charge in [0.25, 0.3) is 0 Å². The van der Waals surface area contributed by atoms with Crippen molar-refractivity contribution in [2.24, 2.45) is 0 Å². The third kappa shape index (κ3) is 3.07. The van der Waals surface area contributed by atoms with Gasteiger partial charge in [0.1, 0.15) is 12.6 Å². The average Bonchev–Trinajstić information content (AvgIpc) is 2.45. The summed E-state index contributed by atoms with van der Waals surface area (Å²) in [6.45, 7) is 1.80. The summed E-state index contributed by atoms with van der Waals surface area (Å²) in [6, 6.07) is 8.87. The highest BCUT2D eigenvalue weighted by Crippen LogP contribution is 2.06. The van der Waals surface area contributed by atoms with Crippen LogP contribution in [-0.4, -0.2) is 43.0 Å². The summed E-state index contributed by atoms with van der Waals surface area (Å²) < 4.78 is 5.20. The van der Waals surface area contributed by atoms with E-state index in [9.17, 15) is 9.59 Å². The highest BCUT2D eigenvalue weighted by molar-refractivity contribution is 5.78. The predicted octanol–water partition coefficient (Wildman–Crippen LogP) is 0.0708. The summed E-state index contributed by atoms with van der Waals surface area (Å²) in [5.74, 6) is -0.394. The molecule has 0 aliphatic carbocycles. The van der Waals surface area contributed by atoms with Gasteiger partial charge in [0, 0.05) is 19.6 Å². The van der Waals surface area contributed by atoms with Gasteiger partial charge in [-0.25, -0.2) is 4.79 Å². The summed E-state index contributed by atoms with van der Waals surface area (Å²) in [7, 11) is 0. The van der Waals surface area contributed by atoms with Crippen molar-refractivity contribution < 1.29 is 14.3 Å². The SMILES string of the molecule is O=[C]N1CCNCC1C(=O)OCc1ccccc1. The second-order valence-electron chi connectivity index (χ2n) is 4.10. The van der Waals surface area contributed by atoms with Gasteiger partial charge in [0.15, 0.2) is 0 Å². The molecule has 0 aromatic heterocycles. The molecule has 1 aliphatic heterocycles. The van der Waals surface area contributed by atoms with Gasteiger partial charge in [-0.1, -0.05) is 30.3 Å². The van der Waals surface area contributed by atoms with E-state index in [1.807, 2.05) is 30.3 Å². The average molecular weight is 247 g/mol. The molecule has 1 fully saturated rings. The molecule has 1 aromatic carbocycles. The molecule has 1 atom stereocenters. The van der Waals surface area contributed by atoms with Crippen LogP contribution < -0.4 is 5.32 Å². The molecule has 5 heteroatoms. The minimum absolute atomic E-state index is 0.225. The maximum absolute atomic E-state index is 11.9. The summed E-state index contributed by atoms with van der Waals surface area (Å²) >= 11 is 0. The first-order chi connectivity index (χ1) is 8.81. The Balaban J connectivity index is 1.89. The number of ether oxygens (including phenoxy) is 1. The van der Waals surface area contributed by atoms with Crippen LogP contribution >= 0.6 is 0 Å². The molecule has 1 radical (unpaired) electrons. The number of piperazine rings is 1. The highest BCUT2D eigenvalue weighted by Gasteiger charge is 2.29. The lowest BCUT2D eigenvalue weighted by Gasteiger charge is -2.30. The van der Waals surface area contributed by atoms with Crippen LogP contribution in [0.4, 0.5) is 0 Å². The van der Waals surface area contributed by atoms with E-state index in [4.69, 9.17) is 4.74 Å². The fourth-order valence-corrected chi connectivity index (χ4v) is 1.85. The maximum atomic E-state index is 11.9. The number of nitrogens with zero attached hydrogens (tertiary/aromatic N) is 1. The smallest absolute Gasteiger partial charge is 0.330 e. The third-order valence-electron chi connectivity index (χ3n) is 2.86. The molecule has 1 saturated heterocycles. The number of nitrogens with one attached hydrogen (secondary N) is 1. The zero-order valence-electron chi connectivity index (χ0n) is 9.96. The van der Waals surface area contributed by atoms with Crippen molar-refractivity contribution in [1.82, 2.24) is 10.2 Å². The van der Waals surface area contributed by atoms with Crippen LogP contribution in [0, 0.1) is 0 Å². The van der Waals surface area contributed by atoms with E-state index in [0.717, 1.165) is 5.56 Å². The van der Waals surface area contributed by atoms with Gasteiger partial charge in [-0.05, 0) is 5.56 Å². The van der Waals surface area contributed by atoms with E-state index in [-0.39, 0.29) is 6.61 Å². The molecule has 1 heterocycles. The predicted molar refractivity (Wildman–Crippen MR) is 65.3 cm³/mol. The molecule has 0 saturated carbocycles. The molecule has 18 heavy (non-hydrogen) atoms. The standard InChI is InChI=1S/C13H15N2O3/c16-10-15-7-6-14-8-12(15)13(17)18-9-11-4-2-1-3-5-11/h1-5,12,14H,6-9H2. The van der Waals surface area contributed by atoms with E-state index in [0.29, 0.717) is 19.6 Å². The van der Waals surface area contributed by atoms with Crippen molar-refractivity contribution in [2.75, 3.05) is 19.6 Å². The van der Waals surface area contributed by atoms with Crippen molar-refractivity contribution in [3.8, 4) is 0 Å². The maximum Gasteiger partial charge on any atom is 0.330 e. The van der Waals surface area contributed by atoms with Crippen molar-refractivity contribution in [3.05, 3.63) is 35.9 Å². The molecule has 1 unspecified atom stereocenters. The molecule has 1 N–H and O–H groups in total. The lowest BCUT2D eigenvalue weighted by Crippen LogP contribution is -2.54. The second kappa shape index (κ2) is 6.16. The number of hydrogen-bond donors (Lipinski definition) is 1. The van der Waals surface area contributed by atoms with Crippen LogP contribution in [0.5, 0.6) is 0 Å². The summed E-state index contributed by atoms with van der Waals surface area (Å²) in [6.07, 6.45) is 1.78. The molecule has 1 aliphatic rings. The summed E-state index contributed by atoms with van der Waals surface area (Å²) in [5.41, 5.74) is 0.927. The number of amides is 1. The van der Waals surface area contributed by atoms with Gasteiger partial charge < -0.3 is 15.0 Å². The topological polar surface area (TPSA) is 58.6 Å². The number of carbonyl (C=O) groups is 1. The largest absolute Gasteiger partial charge is 0.459 e. The monoisotopic (exact) mass is 247 g/mol. The van der Waals surface area contributed by atoms with Gasteiger partial charge in [-0.3, -0.25) is 4.79 Å². The van der Waals surface area contributed by atoms with Gasteiger partial charge >= 0.3 is 12.4 Å². The molecule has 1 aromatic rings. The van der Waals surface area contributed by atoms with Gasteiger partial charge in [0.05, 0.1) is 0 Å². The second-order valence-corrected chi connectivity index (χ2v) is 4.10. The molecule has 2 rings (SSSR count). The van der Waals surface area contributed by atoms with E-state index in [1.165, 1.54) is 4.90 Å². The summed E-state index contributed by atoms with van der Waals surface area (Å²) in [5, 5.41) is 3.06. The Morgan fingerprint density at radius 1 is 1.44 bits per heavy atom. The first-order valence-corrected chi connectivity index (χ1v) is 5.87. The quantitative estimate of drug-likeness (QED) is 0.765. The molecule has 1 amide bonds. The normalized spacial score (nSPS) is 19.3. The molecule has 5 nitrogen and oxygen atoms in total. The van der Waals surface area contributed by atoms with E-state index >= 15 is 0 Å². The Morgan fingerprint density at radius 3 is 2.94 bits per heavy atom. The molecule has 0 spiro atoms. The van der Waals surface area contributed by atoms with Crippen LogP contribution in [0.25, 0.3) is 0 Å². The lowest BCUT2D eigenvalue weighted by atomic mass is 10.2. The molecular formula is C13H15N2O3. The van der Waals surface area contributed by atoms with Crippen LogP contribution in [0.3, 0.4) is 0 Å². The summed E-state index contributed by atoms with van der Waals surface area (Å²) in [4.78, 5) is 23.9. The number of carbonyl (C=O) groups excluding carboxylic acids is 2. The molecular weight excluding hydrogens is 232 g/mol. The van der Waals surface area contributed by atoms with Gasteiger partial charge in [0.2, 0.25) is 0 Å². The first kappa shape index (κ1) is 12.6.